The molecule has 2 rings (SSSR count). The van der Waals surface area contributed by atoms with Crippen LogP contribution in [0.1, 0.15) is 27.2 Å². The van der Waals surface area contributed by atoms with Crippen molar-refractivity contribution in [2.24, 2.45) is 17.3 Å². The van der Waals surface area contributed by atoms with Crippen molar-refractivity contribution in [1.82, 2.24) is 5.32 Å². The van der Waals surface area contributed by atoms with E-state index >= 15 is 0 Å². The van der Waals surface area contributed by atoms with Gasteiger partial charge < -0.3 is 10.1 Å². The van der Waals surface area contributed by atoms with Crippen LogP contribution in [0.3, 0.4) is 0 Å². The molecule has 1 N–H and O–H groups in total. The summed E-state index contributed by atoms with van der Waals surface area (Å²) in [7, 11) is 0. The van der Waals surface area contributed by atoms with Crippen molar-refractivity contribution < 1.29 is 17.9 Å². The van der Waals surface area contributed by atoms with E-state index in [1.807, 2.05) is 20.8 Å². The topological polar surface area (TPSA) is 21.3 Å². The van der Waals surface area contributed by atoms with Gasteiger partial charge in [-0.2, -0.15) is 13.2 Å². The van der Waals surface area contributed by atoms with Gasteiger partial charge in [0.2, 0.25) is 0 Å². The van der Waals surface area contributed by atoms with Gasteiger partial charge in [-0.15, -0.1) is 0 Å². The number of fused-ring (bicyclic) bond motifs is 1. The third-order valence-electron chi connectivity index (χ3n) is 3.95. The molecule has 0 spiro atoms. The maximum Gasteiger partial charge on any atom is 0.392 e. The minimum absolute atomic E-state index is 0.213. The molecule has 1 heterocycles. The maximum atomic E-state index is 12.7. The summed E-state index contributed by atoms with van der Waals surface area (Å²) in [5.74, 6) is -1.44. The van der Waals surface area contributed by atoms with Crippen LogP contribution in [-0.2, 0) is 4.74 Å². The molecule has 2 fully saturated rings. The molecule has 100 valence electrons. The van der Waals surface area contributed by atoms with E-state index < -0.39 is 12.1 Å². The average molecular weight is 251 g/mol. The lowest BCUT2D eigenvalue weighted by atomic mass is 9.55. The molecule has 0 aromatic rings. The number of alkyl halides is 3. The van der Waals surface area contributed by atoms with Gasteiger partial charge in [0.1, 0.15) is 0 Å². The Bertz CT molecular complexity index is 293. The van der Waals surface area contributed by atoms with E-state index in [-0.39, 0.29) is 23.4 Å². The van der Waals surface area contributed by atoms with Crippen molar-refractivity contribution in [1.29, 1.82) is 0 Å². The second-order valence-corrected chi connectivity index (χ2v) is 6.35. The highest BCUT2D eigenvalue weighted by molar-refractivity contribution is 5.09. The van der Waals surface area contributed by atoms with Gasteiger partial charge >= 0.3 is 6.18 Å². The second-order valence-electron chi connectivity index (χ2n) is 6.35. The summed E-state index contributed by atoms with van der Waals surface area (Å²) in [4.78, 5) is 0. The summed E-state index contributed by atoms with van der Waals surface area (Å²) < 4.78 is 43.8. The highest BCUT2D eigenvalue weighted by Gasteiger charge is 2.64. The normalized spacial score (nSPS) is 37.8. The number of ether oxygens (including phenoxy) is 1. The number of rotatable bonds is 2. The minimum atomic E-state index is -4.05. The Hall–Kier alpha value is -0.290. The van der Waals surface area contributed by atoms with Crippen molar-refractivity contribution in [2.75, 3.05) is 19.7 Å². The largest absolute Gasteiger partial charge is 0.392 e. The zero-order valence-corrected chi connectivity index (χ0v) is 10.5. The SMILES string of the molecule is CC(C)(C)OC[C@@]12CNC[C@@H]1[C@@H](C(F)(F)F)C2. The summed E-state index contributed by atoms with van der Waals surface area (Å²) in [6.45, 7) is 7.35. The standard InChI is InChI=1S/C12H20F3NO/c1-10(2,3)17-7-11-4-8(12(13,14)15)9(11)5-16-6-11/h8-9,16H,4-7H2,1-3H3/t8-,9+,11+/m0/s1. The average Bonchev–Trinajstić information content (AvgIpc) is 2.38. The molecular weight excluding hydrogens is 231 g/mol. The van der Waals surface area contributed by atoms with E-state index in [0.717, 1.165) is 0 Å². The molecule has 3 atom stereocenters. The molecule has 0 bridgehead atoms. The summed E-state index contributed by atoms with van der Waals surface area (Å²) >= 11 is 0. The van der Waals surface area contributed by atoms with Crippen LogP contribution in [-0.4, -0.2) is 31.5 Å². The number of hydrogen-bond donors (Lipinski definition) is 1. The Kier molecular flexibility index (Phi) is 2.98. The van der Waals surface area contributed by atoms with Crippen LogP contribution >= 0.6 is 0 Å². The maximum absolute atomic E-state index is 12.7. The minimum Gasteiger partial charge on any atom is -0.375 e. The Morgan fingerprint density at radius 1 is 1.29 bits per heavy atom. The molecular formula is C12H20F3NO. The van der Waals surface area contributed by atoms with E-state index in [1.54, 1.807) is 0 Å². The van der Waals surface area contributed by atoms with Crippen molar-refractivity contribution >= 4 is 0 Å². The van der Waals surface area contributed by atoms with Gasteiger partial charge in [0, 0.05) is 12.0 Å². The Morgan fingerprint density at radius 2 is 1.94 bits per heavy atom. The van der Waals surface area contributed by atoms with Gasteiger partial charge in [-0.1, -0.05) is 0 Å². The molecule has 2 aliphatic rings. The molecule has 1 saturated carbocycles. The van der Waals surface area contributed by atoms with Gasteiger partial charge in [-0.3, -0.25) is 0 Å². The molecule has 0 unspecified atom stereocenters. The molecule has 0 radical (unpaired) electrons. The van der Waals surface area contributed by atoms with Crippen LogP contribution in [0.25, 0.3) is 0 Å². The number of nitrogens with one attached hydrogen (secondary N) is 1. The van der Waals surface area contributed by atoms with Crippen LogP contribution in [0.4, 0.5) is 13.2 Å². The molecule has 5 heteroatoms. The predicted octanol–water partition coefficient (Wildman–Crippen LogP) is 2.59. The highest BCUT2D eigenvalue weighted by Crippen LogP contribution is 2.59. The van der Waals surface area contributed by atoms with Crippen LogP contribution < -0.4 is 5.32 Å². The molecule has 1 aliphatic heterocycles. The smallest absolute Gasteiger partial charge is 0.375 e. The Labute approximate surface area is 99.9 Å². The lowest BCUT2D eigenvalue weighted by Crippen LogP contribution is -2.56. The third kappa shape index (κ3) is 2.45. The van der Waals surface area contributed by atoms with Gasteiger partial charge in [0.15, 0.2) is 0 Å². The first-order valence-corrected chi connectivity index (χ1v) is 6.05. The van der Waals surface area contributed by atoms with Crippen LogP contribution in [0.5, 0.6) is 0 Å². The highest BCUT2D eigenvalue weighted by atomic mass is 19.4. The molecule has 1 aliphatic carbocycles. The quantitative estimate of drug-likeness (QED) is 0.814. The van der Waals surface area contributed by atoms with E-state index in [1.165, 1.54) is 0 Å². The molecule has 1 saturated heterocycles. The van der Waals surface area contributed by atoms with Crippen molar-refractivity contribution in [3.8, 4) is 0 Å². The summed E-state index contributed by atoms with van der Waals surface area (Å²) in [5, 5.41) is 3.08. The number of halogens is 3. The fourth-order valence-electron chi connectivity index (χ4n) is 2.96. The zero-order chi connectivity index (χ0) is 12.9. The van der Waals surface area contributed by atoms with Gasteiger partial charge in [0.05, 0.1) is 18.1 Å². The lowest BCUT2D eigenvalue weighted by molar-refractivity contribution is -0.252. The first kappa shape index (κ1) is 13.1. The molecule has 17 heavy (non-hydrogen) atoms. The van der Waals surface area contributed by atoms with Gasteiger partial charge in [0.25, 0.3) is 0 Å². The predicted molar refractivity (Wildman–Crippen MR) is 58.7 cm³/mol. The zero-order valence-electron chi connectivity index (χ0n) is 10.5. The number of hydrogen-bond acceptors (Lipinski definition) is 2. The molecule has 2 nitrogen and oxygen atoms in total. The summed E-state index contributed by atoms with van der Waals surface area (Å²) in [5.41, 5.74) is -0.571. The van der Waals surface area contributed by atoms with E-state index in [9.17, 15) is 13.2 Å². The molecule has 0 amide bonds. The lowest BCUT2D eigenvalue weighted by Gasteiger charge is -2.51. The molecule has 0 aromatic carbocycles. The fraction of sp³-hybridized carbons (Fsp3) is 1.00. The summed E-state index contributed by atoms with van der Waals surface area (Å²) in [6.07, 6.45) is -3.84. The van der Waals surface area contributed by atoms with Crippen LogP contribution in [0.15, 0.2) is 0 Å². The van der Waals surface area contributed by atoms with Crippen molar-refractivity contribution in [3.63, 3.8) is 0 Å². The van der Waals surface area contributed by atoms with Crippen LogP contribution in [0, 0.1) is 17.3 Å². The third-order valence-corrected chi connectivity index (χ3v) is 3.95. The van der Waals surface area contributed by atoms with E-state index in [0.29, 0.717) is 19.7 Å². The van der Waals surface area contributed by atoms with Crippen molar-refractivity contribution in [2.45, 2.75) is 39.0 Å². The van der Waals surface area contributed by atoms with Gasteiger partial charge in [-0.25, -0.2) is 0 Å². The second kappa shape index (κ2) is 3.85. The molecule has 0 aromatic heterocycles. The van der Waals surface area contributed by atoms with Gasteiger partial charge in [-0.05, 0) is 39.7 Å². The summed E-state index contributed by atoms with van der Waals surface area (Å²) in [6, 6.07) is 0. The van der Waals surface area contributed by atoms with Crippen LogP contribution in [0.2, 0.25) is 0 Å². The monoisotopic (exact) mass is 251 g/mol. The first-order chi connectivity index (χ1) is 7.64. The van der Waals surface area contributed by atoms with E-state index in [2.05, 4.69) is 5.32 Å². The Morgan fingerprint density at radius 3 is 2.47 bits per heavy atom. The Balaban J connectivity index is 1.99. The van der Waals surface area contributed by atoms with E-state index in [4.69, 9.17) is 4.74 Å². The first-order valence-electron chi connectivity index (χ1n) is 6.05. The van der Waals surface area contributed by atoms with Crippen molar-refractivity contribution in [3.05, 3.63) is 0 Å². The fourth-order valence-corrected chi connectivity index (χ4v) is 2.96.